The van der Waals surface area contributed by atoms with Gasteiger partial charge < -0.3 is 15.4 Å². The zero-order valence-corrected chi connectivity index (χ0v) is 14.0. The van der Waals surface area contributed by atoms with Crippen LogP contribution >= 0.6 is 11.6 Å². The van der Waals surface area contributed by atoms with E-state index in [4.69, 9.17) is 16.3 Å². The van der Waals surface area contributed by atoms with E-state index in [1.165, 1.54) is 5.56 Å². The maximum atomic E-state index is 5.79. The number of hydrogen-bond donors (Lipinski definition) is 2. The summed E-state index contributed by atoms with van der Waals surface area (Å²) in [7, 11) is 3.60. The fourth-order valence-corrected chi connectivity index (χ4v) is 2.35. The van der Waals surface area contributed by atoms with Crippen LogP contribution in [0, 0.1) is 0 Å². The topological polar surface area (TPSA) is 59.1 Å². The van der Waals surface area contributed by atoms with Crippen LogP contribution in [0.4, 0.5) is 11.6 Å². The van der Waals surface area contributed by atoms with Crippen molar-refractivity contribution in [3.8, 4) is 5.75 Å². The lowest BCUT2D eigenvalue weighted by molar-refractivity contribution is 0.413. The van der Waals surface area contributed by atoms with Crippen LogP contribution < -0.4 is 15.4 Å². The molecule has 0 unspecified atom stereocenters. The molecule has 1 aromatic carbocycles. The highest BCUT2D eigenvalue weighted by atomic mass is 35.5. The van der Waals surface area contributed by atoms with Crippen molar-refractivity contribution in [1.82, 2.24) is 15.3 Å². The van der Waals surface area contributed by atoms with Crippen molar-refractivity contribution in [2.75, 3.05) is 26.0 Å². The lowest BCUT2D eigenvalue weighted by Gasteiger charge is -2.26. The second-order valence-corrected chi connectivity index (χ2v) is 6.12. The number of benzene rings is 1. The summed E-state index contributed by atoms with van der Waals surface area (Å²) in [4.78, 5) is 8.26. The molecule has 0 saturated heterocycles. The van der Waals surface area contributed by atoms with Crippen LogP contribution in [-0.4, -0.2) is 30.7 Å². The maximum absolute atomic E-state index is 5.79. The highest BCUT2D eigenvalue weighted by molar-refractivity contribution is 6.30. The SMILES string of the molecule is CNCC(C)(C)c1ccc(Nc2ncc(Cl)cn2)c(OC)c1. The van der Waals surface area contributed by atoms with Crippen molar-refractivity contribution >= 4 is 23.2 Å². The van der Waals surface area contributed by atoms with E-state index in [2.05, 4.69) is 40.5 Å². The fraction of sp³-hybridized carbons (Fsp3) is 0.375. The predicted molar refractivity (Wildman–Crippen MR) is 90.3 cm³/mol. The number of likely N-dealkylation sites (N-methyl/N-ethyl adjacent to an activating group) is 1. The molecule has 0 saturated carbocycles. The Labute approximate surface area is 136 Å². The van der Waals surface area contributed by atoms with Crippen molar-refractivity contribution in [3.63, 3.8) is 0 Å². The minimum atomic E-state index is 0.0112. The molecule has 2 N–H and O–H groups in total. The first kappa shape index (κ1) is 16.5. The Morgan fingerprint density at radius 1 is 1.23 bits per heavy atom. The summed E-state index contributed by atoms with van der Waals surface area (Å²) in [6.45, 7) is 5.25. The third-order valence-electron chi connectivity index (χ3n) is 3.47. The number of nitrogens with zero attached hydrogens (tertiary/aromatic N) is 2. The van der Waals surface area contributed by atoms with Crippen LogP contribution in [0.25, 0.3) is 0 Å². The number of ether oxygens (including phenoxy) is 1. The minimum Gasteiger partial charge on any atom is -0.495 e. The van der Waals surface area contributed by atoms with E-state index >= 15 is 0 Å². The average Bonchev–Trinajstić information content (AvgIpc) is 2.49. The Bertz CT molecular complexity index is 629. The van der Waals surface area contributed by atoms with Gasteiger partial charge in [0.15, 0.2) is 0 Å². The summed E-state index contributed by atoms with van der Waals surface area (Å²) in [6.07, 6.45) is 3.10. The van der Waals surface area contributed by atoms with E-state index < -0.39 is 0 Å². The molecule has 0 radical (unpaired) electrons. The molecule has 1 aromatic heterocycles. The van der Waals surface area contributed by atoms with Gasteiger partial charge in [0, 0.05) is 12.0 Å². The van der Waals surface area contributed by atoms with Gasteiger partial charge in [-0.05, 0) is 24.7 Å². The molecular formula is C16H21ClN4O. The Kier molecular flexibility index (Phi) is 5.21. The first-order chi connectivity index (χ1) is 10.5. The molecule has 2 rings (SSSR count). The molecule has 0 amide bonds. The van der Waals surface area contributed by atoms with E-state index in [0.29, 0.717) is 11.0 Å². The quantitative estimate of drug-likeness (QED) is 0.854. The van der Waals surface area contributed by atoms with E-state index in [9.17, 15) is 0 Å². The molecule has 118 valence electrons. The third kappa shape index (κ3) is 3.87. The van der Waals surface area contributed by atoms with Gasteiger partial charge in [-0.2, -0.15) is 0 Å². The maximum Gasteiger partial charge on any atom is 0.227 e. The van der Waals surface area contributed by atoms with Gasteiger partial charge in [-0.15, -0.1) is 0 Å². The monoisotopic (exact) mass is 320 g/mol. The van der Waals surface area contributed by atoms with Gasteiger partial charge in [0.1, 0.15) is 5.75 Å². The largest absolute Gasteiger partial charge is 0.495 e. The van der Waals surface area contributed by atoms with Crippen molar-refractivity contribution < 1.29 is 4.74 Å². The number of aromatic nitrogens is 2. The van der Waals surface area contributed by atoms with Gasteiger partial charge in [0.2, 0.25) is 5.95 Å². The molecule has 0 bridgehead atoms. The minimum absolute atomic E-state index is 0.0112. The highest BCUT2D eigenvalue weighted by Gasteiger charge is 2.21. The predicted octanol–water partition coefficient (Wildman–Crippen LogP) is 3.38. The summed E-state index contributed by atoms with van der Waals surface area (Å²) in [5.41, 5.74) is 2.02. The zero-order valence-electron chi connectivity index (χ0n) is 13.3. The lowest BCUT2D eigenvalue weighted by Crippen LogP contribution is -2.30. The number of anilines is 2. The van der Waals surface area contributed by atoms with Crippen molar-refractivity contribution in [2.45, 2.75) is 19.3 Å². The summed E-state index contributed by atoms with van der Waals surface area (Å²) >= 11 is 5.79. The summed E-state index contributed by atoms with van der Waals surface area (Å²) in [5, 5.41) is 6.86. The molecule has 0 spiro atoms. The number of methoxy groups -OCH3 is 1. The zero-order chi connectivity index (χ0) is 16.2. The average molecular weight is 321 g/mol. The van der Waals surface area contributed by atoms with Gasteiger partial charge in [-0.25, -0.2) is 9.97 Å². The summed E-state index contributed by atoms with van der Waals surface area (Å²) in [6, 6.07) is 6.09. The molecule has 0 aliphatic carbocycles. The van der Waals surface area contributed by atoms with Crippen molar-refractivity contribution in [2.24, 2.45) is 0 Å². The van der Waals surface area contributed by atoms with Crippen molar-refractivity contribution in [3.05, 3.63) is 41.2 Å². The molecule has 1 heterocycles. The van der Waals surface area contributed by atoms with Gasteiger partial charge in [0.05, 0.1) is 30.2 Å². The van der Waals surface area contributed by atoms with Gasteiger partial charge in [0.25, 0.3) is 0 Å². The molecule has 6 heteroatoms. The normalized spacial score (nSPS) is 11.3. The van der Waals surface area contributed by atoms with Gasteiger partial charge in [-0.3, -0.25) is 0 Å². The van der Waals surface area contributed by atoms with Crippen LogP contribution in [0.15, 0.2) is 30.6 Å². The first-order valence-corrected chi connectivity index (χ1v) is 7.42. The molecule has 2 aromatic rings. The summed E-state index contributed by atoms with van der Waals surface area (Å²) < 4.78 is 5.49. The van der Waals surface area contributed by atoms with Crippen LogP contribution in [0.2, 0.25) is 5.02 Å². The number of nitrogens with one attached hydrogen (secondary N) is 2. The van der Waals surface area contributed by atoms with Crippen LogP contribution in [0.5, 0.6) is 5.75 Å². The number of rotatable bonds is 6. The van der Waals surface area contributed by atoms with Crippen LogP contribution in [0.3, 0.4) is 0 Å². The Balaban J connectivity index is 2.28. The van der Waals surface area contributed by atoms with Gasteiger partial charge in [-0.1, -0.05) is 31.5 Å². The van der Waals surface area contributed by atoms with E-state index in [-0.39, 0.29) is 5.41 Å². The molecular weight excluding hydrogens is 300 g/mol. The molecule has 0 atom stereocenters. The second-order valence-electron chi connectivity index (χ2n) is 5.68. The number of hydrogen-bond acceptors (Lipinski definition) is 5. The highest BCUT2D eigenvalue weighted by Crippen LogP contribution is 2.32. The van der Waals surface area contributed by atoms with Crippen LogP contribution in [0.1, 0.15) is 19.4 Å². The molecule has 0 aliphatic heterocycles. The van der Waals surface area contributed by atoms with E-state index in [1.807, 2.05) is 19.2 Å². The Hall–Kier alpha value is -1.85. The van der Waals surface area contributed by atoms with E-state index in [0.717, 1.165) is 18.0 Å². The summed E-state index contributed by atoms with van der Waals surface area (Å²) in [5.74, 6) is 1.23. The second kappa shape index (κ2) is 6.94. The lowest BCUT2D eigenvalue weighted by atomic mass is 9.84. The smallest absolute Gasteiger partial charge is 0.227 e. The third-order valence-corrected chi connectivity index (χ3v) is 3.66. The van der Waals surface area contributed by atoms with Crippen LogP contribution in [-0.2, 0) is 5.41 Å². The van der Waals surface area contributed by atoms with E-state index in [1.54, 1.807) is 19.5 Å². The van der Waals surface area contributed by atoms with Crippen molar-refractivity contribution in [1.29, 1.82) is 0 Å². The molecule has 5 nitrogen and oxygen atoms in total. The van der Waals surface area contributed by atoms with Gasteiger partial charge >= 0.3 is 0 Å². The molecule has 0 fully saturated rings. The fourth-order valence-electron chi connectivity index (χ4n) is 2.26. The standard InChI is InChI=1S/C16H21ClN4O/c1-16(2,10-18-3)11-5-6-13(14(7-11)22-4)21-15-19-8-12(17)9-20-15/h5-9,18H,10H2,1-4H3,(H,19,20,21). The molecule has 22 heavy (non-hydrogen) atoms. The Morgan fingerprint density at radius 2 is 1.91 bits per heavy atom. The Morgan fingerprint density at radius 3 is 2.50 bits per heavy atom. The number of halogens is 1. The molecule has 0 aliphatic rings. The first-order valence-electron chi connectivity index (χ1n) is 7.04.